The number of benzene rings is 2. The smallest absolute Gasteiger partial charge is 0.247 e. The van der Waals surface area contributed by atoms with Crippen LogP contribution in [0, 0.1) is 6.92 Å². The minimum absolute atomic E-state index is 0.135. The third-order valence-electron chi connectivity index (χ3n) is 4.42. The lowest BCUT2D eigenvalue weighted by molar-refractivity contribution is 0.813. The van der Waals surface area contributed by atoms with Crippen LogP contribution in [0.1, 0.15) is 17.0 Å². The molecular weight excluding hydrogens is 336 g/mol. The number of nitrogens with zero attached hydrogens (tertiary/aromatic N) is 3. The van der Waals surface area contributed by atoms with E-state index >= 15 is 0 Å². The molecule has 2 aromatic carbocycles. The number of aromatic nitrogens is 4. The summed E-state index contributed by atoms with van der Waals surface area (Å²) in [6.45, 7) is 2.05. The molecule has 0 aliphatic carbocycles. The molecule has 4 rings (SSSR count). The van der Waals surface area contributed by atoms with E-state index in [1.807, 2.05) is 35.0 Å². The van der Waals surface area contributed by atoms with Crippen LogP contribution in [0.4, 0.5) is 0 Å². The highest BCUT2D eigenvalue weighted by Crippen LogP contribution is 2.21. The Hall–Kier alpha value is -3.47. The van der Waals surface area contributed by atoms with Crippen LogP contribution in [0.15, 0.2) is 77.7 Å². The van der Waals surface area contributed by atoms with E-state index in [4.69, 9.17) is 10.1 Å². The summed E-state index contributed by atoms with van der Waals surface area (Å²) in [5, 5.41) is 4.75. The summed E-state index contributed by atoms with van der Waals surface area (Å²) >= 11 is 0. The Balaban J connectivity index is 1.72. The van der Waals surface area contributed by atoms with Gasteiger partial charge < -0.3 is 4.98 Å². The molecule has 0 atom stereocenters. The van der Waals surface area contributed by atoms with Crippen molar-refractivity contribution in [1.29, 1.82) is 0 Å². The van der Waals surface area contributed by atoms with Crippen molar-refractivity contribution in [3.05, 3.63) is 100 Å². The molecule has 27 heavy (non-hydrogen) atoms. The van der Waals surface area contributed by atoms with Crippen molar-refractivity contribution in [2.24, 2.45) is 0 Å². The van der Waals surface area contributed by atoms with E-state index in [0.29, 0.717) is 0 Å². The molecule has 0 saturated carbocycles. The van der Waals surface area contributed by atoms with Crippen LogP contribution >= 0.6 is 0 Å². The summed E-state index contributed by atoms with van der Waals surface area (Å²) in [4.78, 5) is 18.9. The van der Waals surface area contributed by atoms with Crippen LogP contribution in [0.2, 0.25) is 0 Å². The molecule has 134 valence electrons. The Bertz CT molecular complexity index is 1090. The molecule has 0 fully saturated rings. The van der Waals surface area contributed by atoms with Crippen molar-refractivity contribution in [3.63, 3.8) is 0 Å². The number of pyridine rings is 1. The number of aryl methyl sites for hydroxylation is 3. The number of hydrogen-bond donors (Lipinski definition) is 1. The van der Waals surface area contributed by atoms with E-state index in [1.165, 1.54) is 11.6 Å². The zero-order valence-electron chi connectivity index (χ0n) is 15.1. The van der Waals surface area contributed by atoms with Gasteiger partial charge in [0.15, 0.2) is 11.6 Å². The molecular formula is C22H20N4O. The fourth-order valence-corrected chi connectivity index (χ4v) is 3.04. The maximum Gasteiger partial charge on any atom is 0.247 e. The second-order valence-corrected chi connectivity index (χ2v) is 6.53. The quantitative estimate of drug-likeness (QED) is 0.593. The van der Waals surface area contributed by atoms with Gasteiger partial charge in [0.25, 0.3) is 0 Å². The summed E-state index contributed by atoms with van der Waals surface area (Å²) in [6, 6.07) is 21.7. The van der Waals surface area contributed by atoms with Crippen LogP contribution in [-0.2, 0) is 12.8 Å². The molecule has 0 amide bonds. The SMILES string of the molecule is Cc1cccc(-n2nc(CCc3ccccc3)nc2-c2ccc(=O)[nH]c2)c1. The van der Waals surface area contributed by atoms with Gasteiger partial charge in [-0.1, -0.05) is 42.5 Å². The van der Waals surface area contributed by atoms with Crippen LogP contribution in [0.3, 0.4) is 0 Å². The van der Waals surface area contributed by atoms with E-state index in [0.717, 1.165) is 41.3 Å². The van der Waals surface area contributed by atoms with Crippen LogP contribution < -0.4 is 5.56 Å². The van der Waals surface area contributed by atoms with Crippen molar-refractivity contribution in [2.45, 2.75) is 19.8 Å². The van der Waals surface area contributed by atoms with Crippen molar-refractivity contribution < 1.29 is 0 Å². The van der Waals surface area contributed by atoms with Crippen molar-refractivity contribution in [3.8, 4) is 17.1 Å². The average Bonchev–Trinajstić information content (AvgIpc) is 3.12. The van der Waals surface area contributed by atoms with E-state index in [1.54, 1.807) is 12.3 Å². The first-order valence-electron chi connectivity index (χ1n) is 8.95. The number of H-pyrrole nitrogens is 1. The standard InChI is InChI=1S/C22H20N4O/c1-16-6-5-9-19(14-16)26-22(18-11-13-21(27)23-15-18)24-20(25-26)12-10-17-7-3-2-4-8-17/h2-9,11,13-15H,10,12H2,1H3,(H,23,27). The number of nitrogens with one attached hydrogen (secondary N) is 1. The van der Waals surface area contributed by atoms with E-state index in [-0.39, 0.29) is 5.56 Å². The number of rotatable bonds is 5. The average molecular weight is 356 g/mol. The van der Waals surface area contributed by atoms with Gasteiger partial charge in [0.2, 0.25) is 5.56 Å². The molecule has 2 heterocycles. The van der Waals surface area contributed by atoms with Gasteiger partial charge in [0.05, 0.1) is 5.69 Å². The Morgan fingerprint density at radius 1 is 0.963 bits per heavy atom. The Labute approximate surface area is 157 Å². The summed E-state index contributed by atoms with van der Waals surface area (Å²) in [5.41, 5.74) is 4.06. The summed E-state index contributed by atoms with van der Waals surface area (Å²) in [5.74, 6) is 1.50. The molecule has 0 bridgehead atoms. The van der Waals surface area contributed by atoms with Crippen LogP contribution in [-0.4, -0.2) is 19.7 Å². The fraction of sp³-hybridized carbons (Fsp3) is 0.136. The lowest BCUT2D eigenvalue weighted by atomic mass is 10.1. The topological polar surface area (TPSA) is 63.6 Å². The predicted octanol–water partition coefficient (Wildman–Crippen LogP) is 3.72. The van der Waals surface area contributed by atoms with Crippen molar-refractivity contribution in [2.75, 3.05) is 0 Å². The largest absolute Gasteiger partial charge is 0.328 e. The molecule has 0 unspecified atom stereocenters. The molecule has 1 N–H and O–H groups in total. The highest BCUT2D eigenvalue weighted by molar-refractivity contribution is 5.57. The minimum Gasteiger partial charge on any atom is -0.328 e. The van der Waals surface area contributed by atoms with Gasteiger partial charge >= 0.3 is 0 Å². The molecule has 0 aliphatic rings. The molecule has 0 saturated heterocycles. The van der Waals surface area contributed by atoms with E-state index in [9.17, 15) is 4.79 Å². The first-order chi connectivity index (χ1) is 13.2. The van der Waals surface area contributed by atoms with Crippen LogP contribution in [0.25, 0.3) is 17.1 Å². The predicted molar refractivity (Wildman–Crippen MR) is 106 cm³/mol. The van der Waals surface area contributed by atoms with Gasteiger partial charge in [-0.2, -0.15) is 5.10 Å². The van der Waals surface area contributed by atoms with Gasteiger partial charge in [0, 0.05) is 24.2 Å². The lowest BCUT2D eigenvalue weighted by Crippen LogP contribution is -2.04. The van der Waals surface area contributed by atoms with Crippen molar-refractivity contribution in [1.82, 2.24) is 19.7 Å². The van der Waals surface area contributed by atoms with Gasteiger partial charge in [-0.3, -0.25) is 4.79 Å². The normalized spacial score (nSPS) is 10.9. The summed E-state index contributed by atoms with van der Waals surface area (Å²) in [7, 11) is 0. The third kappa shape index (κ3) is 3.87. The molecule has 0 aliphatic heterocycles. The monoisotopic (exact) mass is 356 g/mol. The summed E-state index contributed by atoms with van der Waals surface area (Å²) < 4.78 is 1.85. The number of hydrogen-bond acceptors (Lipinski definition) is 3. The van der Waals surface area contributed by atoms with Gasteiger partial charge in [-0.15, -0.1) is 0 Å². The molecule has 4 aromatic rings. The van der Waals surface area contributed by atoms with Crippen LogP contribution in [0.5, 0.6) is 0 Å². The highest BCUT2D eigenvalue weighted by Gasteiger charge is 2.14. The Morgan fingerprint density at radius 3 is 2.56 bits per heavy atom. The van der Waals surface area contributed by atoms with Gasteiger partial charge in [-0.25, -0.2) is 9.67 Å². The van der Waals surface area contributed by atoms with E-state index < -0.39 is 0 Å². The maximum atomic E-state index is 11.4. The van der Waals surface area contributed by atoms with Gasteiger partial charge in [-0.05, 0) is 42.7 Å². The Kier molecular flexibility index (Phi) is 4.66. The molecule has 5 heteroatoms. The fourth-order valence-electron chi connectivity index (χ4n) is 3.04. The second kappa shape index (κ2) is 7.41. The molecule has 5 nitrogen and oxygen atoms in total. The molecule has 0 radical (unpaired) electrons. The first-order valence-corrected chi connectivity index (χ1v) is 8.95. The number of aromatic amines is 1. The molecule has 0 spiro atoms. The molecule has 2 aromatic heterocycles. The maximum absolute atomic E-state index is 11.4. The zero-order valence-corrected chi connectivity index (χ0v) is 15.1. The van der Waals surface area contributed by atoms with E-state index in [2.05, 4.69) is 36.2 Å². The zero-order chi connectivity index (χ0) is 18.6. The minimum atomic E-state index is -0.135. The third-order valence-corrected chi connectivity index (χ3v) is 4.42. The van der Waals surface area contributed by atoms with Gasteiger partial charge in [0.1, 0.15) is 0 Å². The first kappa shape index (κ1) is 17.0. The highest BCUT2D eigenvalue weighted by atomic mass is 16.1. The lowest BCUT2D eigenvalue weighted by Gasteiger charge is -2.06. The Morgan fingerprint density at radius 2 is 1.81 bits per heavy atom. The summed E-state index contributed by atoms with van der Waals surface area (Å²) in [6.07, 6.45) is 3.31. The second-order valence-electron chi connectivity index (χ2n) is 6.53. The van der Waals surface area contributed by atoms with Crippen molar-refractivity contribution >= 4 is 0 Å².